The molecule has 0 amide bonds. The summed E-state index contributed by atoms with van der Waals surface area (Å²) >= 11 is 0. The van der Waals surface area contributed by atoms with Crippen LogP contribution < -0.4 is 0 Å². The van der Waals surface area contributed by atoms with Crippen molar-refractivity contribution < 1.29 is 5.11 Å². The number of hydrogen-bond acceptors (Lipinski definition) is 2. The molecule has 0 bridgehead atoms. The first kappa shape index (κ1) is 15.5. The average molecular weight is 328 g/mol. The van der Waals surface area contributed by atoms with Crippen LogP contribution in [0.3, 0.4) is 0 Å². The SMILES string of the molecule is CCc1ccc(C)cc1-c1c[nH]c2ncc(-c3cccc(O)c3)cc12. The van der Waals surface area contributed by atoms with Crippen molar-refractivity contribution in [1.82, 2.24) is 9.97 Å². The van der Waals surface area contributed by atoms with Gasteiger partial charge in [0.15, 0.2) is 0 Å². The van der Waals surface area contributed by atoms with E-state index in [9.17, 15) is 5.11 Å². The van der Waals surface area contributed by atoms with Gasteiger partial charge in [-0.05, 0) is 48.2 Å². The Balaban J connectivity index is 1.92. The highest BCUT2D eigenvalue weighted by atomic mass is 16.3. The summed E-state index contributed by atoms with van der Waals surface area (Å²) in [5.41, 5.74) is 7.83. The number of nitrogens with one attached hydrogen (secondary N) is 1. The molecule has 4 aromatic rings. The van der Waals surface area contributed by atoms with Gasteiger partial charge < -0.3 is 10.1 Å². The van der Waals surface area contributed by atoms with E-state index in [4.69, 9.17) is 0 Å². The number of pyridine rings is 1. The van der Waals surface area contributed by atoms with Crippen LogP contribution in [-0.2, 0) is 6.42 Å². The van der Waals surface area contributed by atoms with E-state index in [-0.39, 0.29) is 5.75 Å². The number of benzene rings is 2. The molecular weight excluding hydrogens is 308 g/mol. The number of rotatable bonds is 3. The fourth-order valence-electron chi connectivity index (χ4n) is 3.32. The molecule has 0 atom stereocenters. The zero-order chi connectivity index (χ0) is 17.4. The molecule has 3 heteroatoms. The van der Waals surface area contributed by atoms with Crippen molar-refractivity contribution in [2.75, 3.05) is 0 Å². The van der Waals surface area contributed by atoms with Gasteiger partial charge in [0.1, 0.15) is 11.4 Å². The number of phenolic OH excluding ortho intramolecular Hbond substituents is 1. The van der Waals surface area contributed by atoms with Crippen molar-refractivity contribution >= 4 is 11.0 Å². The Kier molecular flexibility index (Phi) is 3.77. The number of aromatic hydroxyl groups is 1. The van der Waals surface area contributed by atoms with Crippen LogP contribution in [0.25, 0.3) is 33.3 Å². The third-order valence-electron chi connectivity index (χ3n) is 4.65. The summed E-state index contributed by atoms with van der Waals surface area (Å²) in [4.78, 5) is 7.86. The second-order valence-electron chi connectivity index (χ2n) is 6.39. The van der Waals surface area contributed by atoms with Crippen molar-refractivity contribution in [2.45, 2.75) is 20.3 Å². The van der Waals surface area contributed by atoms with Gasteiger partial charge in [-0.25, -0.2) is 4.98 Å². The number of fused-ring (bicyclic) bond motifs is 1. The highest BCUT2D eigenvalue weighted by Crippen LogP contribution is 2.34. The lowest BCUT2D eigenvalue weighted by Gasteiger charge is -2.09. The molecule has 0 spiro atoms. The minimum absolute atomic E-state index is 0.263. The average Bonchev–Trinajstić information content (AvgIpc) is 3.04. The maximum absolute atomic E-state index is 9.75. The van der Waals surface area contributed by atoms with Gasteiger partial charge in [-0.15, -0.1) is 0 Å². The Labute approximate surface area is 147 Å². The van der Waals surface area contributed by atoms with Crippen molar-refractivity contribution in [1.29, 1.82) is 0 Å². The van der Waals surface area contributed by atoms with Crippen LogP contribution in [0.15, 0.2) is 60.9 Å². The van der Waals surface area contributed by atoms with Crippen LogP contribution in [0.2, 0.25) is 0 Å². The van der Waals surface area contributed by atoms with E-state index in [2.05, 4.69) is 48.1 Å². The molecular formula is C22H20N2O. The number of aromatic amines is 1. The molecule has 2 aromatic carbocycles. The van der Waals surface area contributed by atoms with Crippen molar-refractivity contribution in [3.63, 3.8) is 0 Å². The van der Waals surface area contributed by atoms with Gasteiger partial charge in [0.25, 0.3) is 0 Å². The Morgan fingerprint density at radius 3 is 2.68 bits per heavy atom. The summed E-state index contributed by atoms with van der Waals surface area (Å²) in [6, 6.07) is 16.0. The first-order valence-electron chi connectivity index (χ1n) is 8.52. The molecule has 0 aliphatic heterocycles. The van der Waals surface area contributed by atoms with Crippen molar-refractivity contribution in [3.05, 3.63) is 72.1 Å². The van der Waals surface area contributed by atoms with Crippen LogP contribution in [0.5, 0.6) is 5.75 Å². The molecule has 0 aliphatic carbocycles. The van der Waals surface area contributed by atoms with Crippen LogP contribution >= 0.6 is 0 Å². The zero-order valence-corrected chi connectivity index (χ0v) is 14.4. The summed E-state index contributed by atoms with van der Waals surface area (Å²) in [6.45, 7) is 4.30. The second-order valence-corrected chi connectivity index (χ2v) is 6.39. The minimum Gasteiger partial charge on any atom is -0.508 e. The molecule has 25 heavy (non-hydrogen) atoms. The van der Waals surface area contributed by atoms with E-state index >= 15 is 0 Å². The van der Waals surface area contributed by atoms with Gasteiger partial charge in [0.2, 0.25) is 0 Å². The molecule has 0 radical (unpaired) electrons. The lowest BCUT2D eigenvalue weighted by atomic mass is 9.95. The van der Waals surface area contributed by atoms with Gasteiger partial charge in [-0.3, -0.25) is 0 Å². The molecule has 0 unspecified atom stereocenters. The quantitative estimate of drug-likeness (QED) is 0.523. The third kappa shape index (κ3) is 2.78. The van der Waals surface area contributed by atoms with E-state index in [1.165, 1.54) is 22.3 Å². The zero-order valence-electron chi connectivity index (χ0n) is 14.4. The van der Waals surface area contributed by atoms with Crippen molar-refractivity contribution in [3.8, 4) is 28.0 Å². The molecule has 3 nitrogen and oxygen atoms in total. The van der Waals surface area contributed by atoms with E-state index in [0.29, 0.717) is 0 Å². The van der Waals surface area contributed by atoms with Gasteiger partial charge >= 0.3 is 0 Å². The standard InChI is InChI=1S/C22H20N2O/c1-3-15-8-7-14(2)9-19(15)21-13-24-22-20(21)11-17(12-23-22)16-5-4-6-18(25)10-16/h4-13,25H,3H2,1-2H3,(H,23,24). The monoisotopic (exact) mass is 328 g/mol. The van der Waals surface area contributed by atoms with E-state index in [1.54, 1.807) is 12.1 Å². The summed E-state index contributed by atoms with van der Waals surface area (Å²) in [5, 5.41) is 10.9. The first-order chi connectivity index (χ1) is 12.2. The van der Waals surface area contributed by atoms with E-state index < -0.39 is 0 Å². The predicted molar refractivity (Wildman–Crippen MR) is 103 cm³/mol. The number of H-pyrrole nitrogens is 1. The number of phenols is 1. The topological polar surface area (TPSA) is 48.9 Å². The lowest BCUT2D eigenvalue weighted by Crippen LogP contribution is -1.89. The molecule has 0 saturated carbocycles. The molecule has 4 rings (SSSR count). The highest BCUT2D eigenvalue weighted by molar-refractivity contribution is 5.96. The normalized spacial score (nSPS) is 11.1. The Morgan fingerprint density at radius 2 is 1.88 bits per heavy atom. The summed E-state index contributed by atoms with van der Waals surface area (Å²) < 4.78 is 0. The summed E-state index contributed by atoms with van der Waals surface area (Å²) in [5.74, 6) is 0.263. The molecule has 124 valence electrons. The minimum atomic E-state index is 0.263. The van der Waals surface area contributed by atoms with Crippen LogP contribution in [0.4, 0.5) is 0 Å². The lowest BCUT2D eigenvalue weighted by molar-refractivity contribution is 0.475. The molecule has 0 aliphatic rings. The molecule has 2 aromatic heterocycles. The maximum Gasteiger partial charge on any atom is 0.137 e. The predicted octanol–water partition coefficient (Wildman–Crippen LogP) is 5.47. The summed E-state index contributed by atoms with van der Waals surface area (Å²) in [7, 11) is 0. The van der Waals surface area contributed by atoms with Crippen LogP contribution in [0.1, 0.15) is 18.1 Å². The molecule has 0 fully saturated rings. The first-order valence-corrected chi connectivity index (χ1v) is 8.52. The van der Waals surface area contributed by atoms with Gasteiger partial charge in [-0.2, -0.15) is 0 Å². The molecule has 2 heterocycles. The molecule has 2 N–H and O–H groups in total. The van der Waals surface area contributed by atoms with E-state index in [0.717, 1.165) is 28.6 Å². The smallest absolute Gasteiger partial charge is 0.137 e. The van der Waals surface area contributed by atoms with E-state index in [1.807, 2.05) is 24.5 Å². The van der Waals surface area contributed by atoms with Crippen LogP contribution in [0, 0.1) is 6.92 Å². The number of aromatic nitrogens is 2. The largest absolute Gasteiger partial charge is 0.508 e. The Morgan fingerprint density at radius 1 is 1.00 bits per heavy atom. The fourth-order valence-corrected chi connectivity index (χ4v) is 3.32. The Hall–Kier alpha value is -3.07. The van der Waals surface area contributed by atoms with Gasteiger partial charge in [-0.1, -0.05) is 42.8 Å². The third-order valence-corrected chi connectivity index (χ3v) is 4.65. The van der Waals surface area contributed by atoms with Gasteiger partial charge in [0.05, 0.1) is 0 Å². The highest BCUT2D eigenvalue weighted by Gasteiger charge is 2.12. The number of nitrogens with zero attached hydrogens (tertiary/aromatic N) is 1. The maximum atomic E-state index is 9.75. The molecule has 0 saturated heterocycles. The fraction of sp³-hybridized carbons (Fsp3) is 0.136. The summed E-state index contributed by atoms with van der Waals surface area (Å²) in [6.07, 6.45) is 4.87. The second kappa shape index (κ2) is 6.10. The number of aryl methyl sites for hydroxylation is 2. The Bertz CT molecular complexity index is 1060. The van der Waals surface area contributed by atoms with Gasteiger partial charge in [0, 0.05) is 28.9 Å². The van der Waals surface area contributed by atoms with Crippen molar-refractivity contribution in [2.24, 2.45) is 0 Å². The number of hydrogen-bond donors (Lipinski definition) is 2. The van der Waals surface area contributed by atoms with Crippen LogP contribution in [-0.4, -0.2) is 15.1 Å².